The fraction of sp³-hybridized carbons (Fsp3) is 0.0667. The number of benzene rings is 1. The van der Waals surface area contributed by atoms with E-state index in [1.807, 2.05) is 0 Å². The van der Waals surface area contributed by atoms with E-state index in [0.717, 1.165) is 0 Å². The van der Waals surface area contributed by atoms with Crippen LogP contribution in [0.25, 0.3) is 0 Å². The minimum Gasteiger partial charge on any atom is -0.321 e. The molecule has 0 fully saturated rings. The van der Waals surface area contributed by atoms with Crippen LogP contribution in [0.2, 0.25) is 10.0 Å². The molecular formula is C15H11Cl2N3O. The quantitative estimate of drug-likeness (QED) is 0.836. The molecule has 0 saturated carbocycles. The van der Waals surface area contributed by atoms with Crippen LogP contribution >= 0.6 is 23.2 Å². The number of aromatic nitrogens is 1. The molecule has 0 radical (unpaired) electrons. The Balaban J connectivity index is 2.31. The molecule has 106 valence electrons. The second-order valence-corrected chi connectivity index (χ2v) is 4.85. The lowest BCUT2D eigenvalue weighted by Gasteiger charge is -2.08. The van der Waals surface area contributed by atoms with E-state index in [0.29, 0.717) is 26.9 Å². The number of rotatable bonds is 2. The van der Waals surface area contributed by atoms with Gasteiger partial charge in [-0.25, -0.2) is 0 Å². The summed E-state index contributed by atoms with van der Waals surface area (Å²) in [5.74, 6) is 5.16. The van der Waals surface area contributed by atoms with Crippen molar-refractivity contribution in [1.82, 2.24) is 4.98 Å². The Morgan fingerprint density at radius 3 is 2.90 bits per heavy atom. The van der Waals surface area contributed by atoms with Crippen molar-refractivity contribution >= 4 is 34.8 Å². The van der Waals surface area contributed by atoms with Crippen LogP contribution in [-0.4, -0.2) is 17.4 Å². The van der Waals surface area contributed by atoms with Crippen LogP contribution in [0.5, 0.6) is 0 Å². The molecule has 0 atom stereocenters. The van der Waals surface area contributed by atoms with Gasteiger partial charge in [0.15, 0.2) is 0 Å². The third-order valence-corrected chi connectivity index (χ3v) is 3.13. The van der Waals surface area contributed by atoms with Crippen molar-refractivity contribution in [2.24, 2.45) is 5.73 Å². The Kier molecular flexibility index (Phi) is 5.18. The van der Waals surface area contributed by atoms with Gasteiger partial charge in [-0.1, -0.05) is 35.0 Å². The Morgan fingerprint density at radius 2 is 2.14 bits per heavy atom. The van der Waals surface area contributed by atoms with Crippen LogP contribution in [0.1, 0.15) is 15.9 Å². The normalized spacial score (nSPS) is 9.67. The lowest BCUT2D eigenvalue weighted by atomic mass is 10.1. The first-order chi connectivity index (χ1) is 10.1. The minimum atomic E-state index is -0.345. The Labute approximate surface area is 132 Å². The molecule has 2 aromatic rings. The monoisotopic (exact) mass is 319 g/mol. The number of carbonyl (C=O) groups excluding carboxylic acids is 1. The van der Waals surface area contributed by atoms with Crippen molar-refractivity contribution in [3.8, 4) is 11.8 Å². The lowest BCUT2D eigenvalue weighted by Crippen LogP contribution is -2.14. The second kappa shape index (κ2) is 7.09. The number of nitrogens with one attached hydrogen (secondary N) is 1. The summed E-state index contributed by atoms with van der Waals surface area (Å²) in [4.78, 5) is 16.3. The summed E-state index contributed by atoms with van der Waals surface area (Å²) in [6.07, 6.45) is 3.03. The fourth-order valence-corrected chi connectivity index (χ4v) is 1.96. The molecule has 0 unspecified atom stereocenters. The van der Waals surface area contributed by atoms with Crippen LogP contribution in [0.3, 0.4) is 0 Å². The Hall–Kier alpha value is -2.06. The summed E-state index contributed by atoms with van der Waals surface area (Å²) in [5.41, 5.74) is 6.66. The Bertz CT molecular complexity index is 735. The highest BCUT2D eigenvalue weighted by Crippen LogP contribution is 2.26. The maximum absolute atomic E-state index is 12.3. The molecule has 1 aromatic carbocycles. The first kappa shape index (κ1) is 15.3. The van der Waals surface area contributed by atoms with Crippen LogP contribution in [0, 0.1) is 11.8 Å². The van der Waals surface area contributed by atoms with Crippen molar-refractivity contribution < 1.29 is 4.79 Å². The van der Waals surface area contributed by atoms with Crippen LogP contribution in [-0.2, 0) is 0 Å². The highest BCUT2D eigenvalue weighted by Gasteiger charge is 2.12. The van der Waals surface area contributed by atoms with Gasteiger partial charge in [-0.15, -0.1) is 0 Å². The number of nitrogens with zero attached hydrogens (tertiary/aromatic N) is 1. The first-order valence-corrected chi connectivity index (χ1v) is 6.76. The fourth-order valence-electron chi connectivity index (χ4n) is 1.62. The predicted octanol–water partition coefficient (Wildman–Crippen LogP) is 2.95. The van der Waals surface area contributed by atoms with Crippen molar-refractivity contribution in [2.75, 3.05) is 11.9 Å². The smallest absolute Gasteiger partial charge is 0.257 e. The van der Waals surface area contributed by atoms with Gasteiger partial charge in [0.2, 0.25) is 0 Å². The number of carbonyl (C=O) groups is 1. The number of pyridine rings is 1. The summed E-state index contributed by atoms with van der Waals surface area (Å²) >= 11 is 11.9. The molecule has 0 aliphatic rings. The predicted molar refractivity (Wildman–Crippen MR) is 84.6 cm³/mol. The maximum atomic E-state index is 12.3. The zero-order valence-electron chi connectivity index (χ0n) is 10.9. The van der Waals surface area contributed by atoms with E-state index < -0.39 is 0 Å². The Morgan fingerprint density at radius 1 is 1.33 bits per heavy atom. The number of nitrogens with two attached hydrogens (primary N) is 1. The molecule has 1 aromatic heterocycles. The molecule has 6 heteroatoms. The van der Waals surface area contributed by atoms with Gasteiger partial charge in [0.1, 0.15) is 0 Å². The number of halogens is 2. The molecule has 1 heterocycles. The van der Waals surface area contributed by atoms with Crippen LogP contribution < -0.4 is 11.1 Å². The molecule has 0 aliphatic heterocycles. The SMILES string of the molecule is NCC#Cc1cnccc1C(=O)Nc1cc(Cl)ccc1Cl. The van der Waals surface area contributed by atoms with Gasteiger partial charge in [-0.05, 0) is 24.3 Å². The summed E-state index contributed by atoms with van der Waals surface area (Å²) in [6.45, 7) is 0.204. The van der Waals surface area contributed by atoms with Crippen molar-refractivity contribution in [3.05, 3.63) is 57.8 Å². The average molecular weight is 320 g/mol. The second-order valence-electron chi connectivity index (χ2n) is 4.01. The molecule has 0 saturated heterocycles. The van der Waals surface area contributed by atoms with Gasteiger partial charge in [0.05, 0.1) is 28.4 Å². The van der Waals surface area contributed by atoms with E-state index in [9.17, 15) is 4.79 Å². The molecule has 4 nitrogen and oxygen atoms in total. The van der Waals surface area contributed by atoms with Gasteiger partial charge in [0.25, 0.3) is 5.91 Å². The van der Waals surface area contributed by atoms with Crippen molar-refractivity contribution in [2.45, 2.75) is 0 Å². The lowest BCUT2D eigenvalue weighted by molar-refractivity contribution is 0.102. The summed E-state index contributed by atoms with van der Waals surface area (Å²) in [7, 11) is 0. The topological polar surface area (TPSA) is 68.0 Å². The standard InChI is InChI=1S/C15H11Cl2N3O/c16-11-3-4-13(17)14(8-11)20-15(21)12-5-7-19-9-10(12)2-1-6-18/h3-5,7-9H,6,18H2,(H,20,21). The summed E-state index contributed by atoms with van der Waals surface area (Å²) in [6, 6.07) is 6.41. The molecule has 2 rings (SSSR count). The molecule has 21 heavy (non-hydrogen) atoms. The van der Waals surface area contributed by atoms with Gasteiger partial charge in [-0.2, -0.15) is 0 Å². The summed E-state index contributed by atoms with van der Waals surface area (Å²) < 4.78 is 0. The summed E-state index contributed by atoms with van der Waals surface area (Å²) in [5, 5.41) is 3.58. The molecular weight excluding hydrogens is 309 g/mol. The number of amides is 1. The van der Waals surface area contributed by atoms with Gasteiger partial charge in [0, 0.05) is 17.4 Å². The van der Waals surface area contributed by atoms with Crippen molar-refractivity contribution in [3.63, 3.8) is 0 Å². The molecule has 1 amide bonds. The van der Waals surface area contributed by atoms with E-state index >= 15 is 0 Å². The largest absolute Gasteiger partial charge is 0.321 e. The van der Waals surface area contributed by atoms with Gasteiger partial charge in [-0.3, -0.25) is 9.78 Å². The van der Waals surface area contributed by atoms with E-state index in [1.165, 1.54) is 12.4 Å². The third-order valence-electron chi connectivity index (χ3n) is 2.57. The van der Waals surface area contributed by atoms with E-state index in [1.54, 1.807) is 24.3 Å². The third kappa shape index (κ3) is 3.96. The van der Waals surface area contributed by atoms with Gasteiger partial charge < -0.3 is 11.1 Å². The van der Waals surface area contributed by atoms with Gasteiger partial charge >= 0.3 is 0 Å². The first-order valence-electron chi connectivity index (χ1n) is 6.01. The zero-order chi connectivity index (χ0) is 15.2. The molecule has 0 spiro atoms. The average Bonchev–Trinajstić information content (AvgIpc) is 2.49. The zero-order valence-corrected chi connectivity index (χ0v) is 12.4. The van der Waals surface area contributed by atoms with E-state index in [-0.39, 0.29) is 12.5 Å². The van der Waals surface area contributed by atoms with Crippen molar-refractivity contribution in [1.29, 1.82) is 0 Å². The highest BCUT2D eigenvalue weighted by atomic mass is 35.5. The van der Waals surface area contributed by atoms with Crippen LogP contribution in [0.4, 0.5) is 5.69 Å². The van der Waals surface area contributed by atoms with E-state index in [2.05, 4.69) is 22.1 Å². The highest BCUT2D eigenvalue weighted by molar-refractivity contribution is 6.35. The number of anilines is 1. The minimum absolute atomic E-state index is 0.204. The molecule has 3 N–H and O–H groups in total. The van der Waals surface area contributed by atoms with Crippen LogP contribution in [0.15, 0.2) is 36.7 Å². The number of hydrogen-bond donors (Lipinski definition) is 2. The number of hydrogen-bond acceptors (Lipinski definition) is 3. The molecule has 0 aliphatic carbocycles. The van der Waals surface area contributed by atoms with E-state index in [4.69, 9.17) is 28.9 Å². The molecule has 0 bridgehead atoms. The maximum Gasteiger partial charge on any atom is 0.257 e.